The van der Waals surface area contributed by atoms with Gasteiger partial charge in [0.1, 0.15) is 5.82 Å². The number of carbonyl (C=O) groups is 1. The highest BCUT2D eigenvalue weighted by molar-refractivity contribution is 5.79. The van der Waals surface area contributed by atoms with Crippen LogP contribution in [0.1, 0.15) is 31.2 Å². The molecule has 1 amide bonds. The number of ether oxygens (including phenoxy) is 1. The van der Waals surface area contributed by atoms with Gasteiger partial charge in [0.25, 0.3) is 0 Å². The number of carbonyl (C=O) groups excluding carboxylic acids is 1. The Bertz CT molecular complexity index is 546. The van der Waals surface area contributed by atoms with E-state index in [2.05, 4.69) is 4.90 Å². The van der Waals surface area contributed by atoms with Gasteiger partial charge in [-0.2, -0.15) is 0 Å². The zero-order chi connectivity index (χ0) is 16.8. The zero-order valence-corrected chi connectivity index (χ0v) is 14.3. The largest absolute Gasteiger partial charge is 0.379 e. The number of hydrogen-bond acceptors (Lipinski definition) is 3. The van der Waals surface area contributed by atoms with Crippen molar-refractivity contribution in [2.24, 2.45) is 0 Å². The monoisotopic (exact) mass is 334 g/mol. The lowest BCUT2D eigenvalue weighted by Crippen LogP contribution is -2.46. The van der Waals surface area contributed by atoms with Crippen LogP contribution in [0.15, 0.2) is 24.3 Å². The summed E-state index contributed by atoms with van der Waals surface area (Å²) in [6.07, 6.45) is 4.67. The van der Waals surface area contributed by atoms with Crippen molar-refractivity contribution >= 4 is 5.91 Å². The van der Waals surface area contributed by atoms with E-state index in [1.54, 1.807) is 6.07 Å². The number of rotatable bonds is 5. The predicted molar refractivity (Wildman–Crippen MR) is 91.3 cm³/mol. The molecular formula is C19H27FN2O2. The molecule has 2 aliphatic heterocycles. The van der Waals surface area contributed by atoms with Crippen molar-refractivity contribution in [2.75, 3.05) is 39.4 Å². The van der Waals surface area contributed by atoms with Crippen LogP contribution >= 0.6 is 0 Å². The van der Waals surface area contributed by atoms with E-state index >= 15 is 0 Å². The standard InChI is InChI=1S/C19H27FN2O2/c20-17-5-3-4-16(14-17)15-19(23)22-8-2-1-6-18(22)7-9-21-10-12-24-13-11-21/h3-5,14,18H,1-2,6-13,15H2/t18-/m1/s1. The molecule has 1 aromatic carbocycles. The zero-order valence-electron chi connectivity index (χ0n) is 14.3. The highest BCUT2D eigenvalue weighted by Crippen LogP contribution is 2.21. The van der Waals surface area contributed by atoms with Crippen LogP contribution in [0.2, 0.25) is 0 Å². The third kappa shape index (κ3) is 4.77. The maximum Gasteiger partial charge on any atom is 0.227 e. The Morgan fingerprint density at radius 3 is 2.83 bits per heavy atom. The normalized spacial score (nSPS) is 22.5. The van der Waals surface area contributed by atoms with Crippen molar-refractivity contribution in [1.82, 2.24) is 9.80 Å². The van der Waals surface area contributed by atoms with Crippen LogP contribution in [0.3, 0.4) is 0 Å². The second-order valence-corrected chi connectivity index (χ2v) is 6.79. The second-order valence-electron chi connectivity index (χ2n) is 6.79. The first-order chi connectivity index (χ1) is 11.7. The van der Waals surface area contributed by atoms with E-state index in [0.29, 0.717) is 12.5 Å². The predicted octanol–water partition coefficient (Wildman–Crippen LogP) is 2.47. The molecule has 4 nitrogen and oxygen atoms in total. The summed E-state index contributed by atoms with van der Waals surface area (Å²) < 4.78 is 18.7. The number of benzene rings is 1. The molecule has 132 valence electrons. The molecule has 24 heavy (non-hydrogen) atoms. The van der Waals surface area contributed by atoms with Crippen molar-refractivity contribution in [3.63, 3.8) is 0 Å². The molecule has 0 spiro atoms. The summed E-state index contributed by atoms with van der Waals surface area (Å²) in [5, 5.41) is 0. The Kier molecular flexibility index (Phi) is 6.21. The summed E-state index contributed by atoms with van der Waals surface area (Å²) in [6.45, 7) is 5.47. The first-order valence-electron chi connectivity index (χ1n) is 9.06. The van der Waals surface area contributed by atoms with Gasteiger partial charge < -0.3 is 9.64 Å². The lowest BCUT2D eigenvalue weighted by molar-refractivity contribution is -0.134. The topological polar surface area (TPSA) is 32.8 Å². The van der Waals surface area contributed by atoms with E-state index in [-0.39, 0.29) is 11.7 Å². The summed E-state index contributed by atoms with van der Waals surface area (Å²) in [4.78, 5) is 17.2. The second kappa shape index (κ2) is 8.58. The minimum atomic E-state index is -0.275. The molecule has 1 atom stereocenters. The Hall–Kier alpha value is -1.46. The third-order valence-corrected chi connectivity index (χ3v) is 5.07. The van der Waals surface area contributed by atoms with Gasteiger partial charge in [-0.25, -0.2) is 4.39 Å². The Morgan fingerprint density at radius 1 is 1.21 bits per heavy atom. The summed E-state index contributed by atoms with van der Waals surface area (Å²) in [5.41, 5.74) is 0.762. The molecule has 3 rings (SSSR count). The average molecular weight is 334 g/mol. The van der Waals surface area contributed by atoms with Crippen LogP contribution in [0.4, 0.5) is 4.39 Å². The Labute approximate surface area is 143 Å². The fourth-order valence-electron chi connectivity index (χ4n) is 3.71. The van der Waals surface area contributed by atoms with E-state index in [9.17, 15) is 9.18 Å². The van der Waals surface area contributed by atoms with Gasteiger partial charge in [0.15, 0.2) is 0 Å². The van der Waals surface area contributed by atoms with E-state index in [1.807, 2.05) is 11.0 Å². The number of morpholine rings is 1. The van der Waals surface area contributed by atoms with Crippen LogP contribution in [0, 0.1) is 5.82 Å². The summed E-state index contributed by atoms with van der Waals surface area (Å²) in [6, 6.07) is 6.70. The molecule has 0 radical (unpaired) electrons. The Morgan fingerprint density at radius 2 is 2.04 bits per heavy atom. The van der Waals surface area contributed by atoms with E-state index < -0.39 is 0 Å². The Balaban J connectivity index is 1.55. The molecule has 1 aromatic rings. The van der Waals surface area contributed by atoms with Crippen LogP contribution < -0.4 is 0 Å². The van der Waals surface area contributed by atoms with Gasteiger partial charge in [-0.3, -0.25) is 9.69 Å². The molecule has 5 heteroatoms. The minimum absolute atomic E-state index is 0.132. The highest BCUT2D eigenvalue weighted by atomic mass is 19.1. The fourth-order valence-corrected chi connectivity index (χ4v) is 3.71. The van der Waals surface area contributed by atoms with Crippen molar-refractivity contribution in [3.05, 3.63) is 35.6 Å². The average Bonchev–Trinajstić information content (AvgIpc) is 2.61. The maximum absolute atomic E-state index is 13.3. The molecule has 0 N–H and O–H groups in total. The minimum Gasteiger partial charge on any atom is -0.379 e. The molecule has 2 fully saturated rings. The summed E-state index contributed by atoms with van der Waals surface area (Å²) >= 11 is 0. The maximum atomic E-state index is 13.3. The molecule has 0 aliphatic carbocycles. The number of amides is 1. The number of halogens is 1. The van der Waals surface area contributed by atoms with Gasteiger partial charge in [-0.1, -0.05) is 12.1 Å². The summed E-state index contributed by atoms with van der Waals surface area (Å²) in [7, 11) is 0. The van der Waals surface area contributed by atoms with Crippen LogP contribution in [0.25, 0.3) is 0 Å². The van der Waals surface area contributed by atoms with Gasteiger partial charge in [-0.05, 0) is 43.4 Å². The lowest BCUT2D eigenvalue weighted by Gasteiger charge is -2.37. The molecular weight excluding hydrogens is 307 g/mol. The van der Waals surface area contributed by atoms with E-state index in [4.69, 9.17) is 4.74 Å². The molecule has 0 saturated carbocycles. The number of likely N-dealkylation sites (tertiary alicyclic amines) is 1. The van der Waals surface area contributed by atoms with Gasteiger partial charge in [0.05, 0.1) is 19.6 Å². The molecule has 0 aromatic heterocycles. The quantitative estimate of drug-likeness (QED) is 0.829. The molecule has 0 unspecified atom stereocenters. The van der Waals surface area contributed by atoms with Crippen molar-refractivity contribution in [2.45, 2.75) is 38.1 Å². The van der Waals surface area contributed by atoms with Crippen molar-refractivity contribution in [3.8, 4) is 0 Å². The first-order valence-corrected chi connectivity index (χ1v) is 9.06. The fraction of sp³-hybridized carbons (Fsp3) is 0.632. The lowest BCUT2D eigenvalue weighted by atomic mass is 9.98. The van der Waals surface area contributed by atoms with Crippen molar-refractivity contribution in [1.29, 1.82) is 0 Å². The first kappa shape index (κ1) is 17.4. The van der Waals surface area contributed by atoms with Crippen molar-refractivity contribution < 1.29 is 13.9 Å². The van der Waals surface area contributed by atoms with E-state index in [1.165, 1.54) is 18.6 Å². The van der Waals surface area contributed by atoms with Crippen LogP contribution in [-0.4, -0.2) is 61.1 Å². The summed E-state index contributed by atoms with van der Waals surface area (Å²) in [5.74, 6) is -0.143. The molecule has 2 saturated heterocycles. The molecule has 2 heterocycles. The van der Waals surface area contributed by atoms with Gasteiger partial charge in [0, 0.05) is 32.2 Å². The van der Waals surface area contributed by atoms with Crippen LogP contribution in [-0.2, 0) is 16.0 Å². The molecule has 2 aliphatic rings. The smallest absolute Gasteiger partial charge is 0.227 e. The number of piperidine rings is 1. The van der Waals surface area contributed by atoms with E-state index in [0.717, 1.165) is 64.2 Å². The highest BCUT2D eigenvalue weighted by Gasteiger charge is 2.27. The van der Waals surface area contributed by atoms with Crippen LogP contribution in [0.5, 0.6) is 0 Å². The van der Waals surface area contributed by atoms with Gasteiger partial charge in [-0.15, -0.1) is 0 Å². The third-order valence-electron chi connectivity index (χ3n) is 5.07. The number of nitrogens with zero attached hydrogens (tertiary/aromatic N) is 2. The SMILES string of the molecule is O=C(Cc1cccc(F)c1)N1CCCC[C@@H]1CCN1CCOCC1. The van der Waals surface area contributed by atoms with Gasteiger partial charge >= 0.3 is 0 Å². The van der Waals surface area contributed by atoms with Gasteiger partial charge in [0.2, 0.25) is 5.91 Å². The number of hydrogen-bond donors (Lipinski definition) is 0. The molecule has 0 bridgehead atoms.